The molecule has 2 fully saturated rings. The van der Waals surface area contributed by atoms with Crippen molar-refractivity contribution in [2.45, 2.75) is 25.8 Å². The van der Waals surface area contributed by atoms with Crippen LogP contribution in [0, 0.1) is 11.3 Å². The monoisotopic (exact) mass is 310 g/mol. The van der Waals surface area contributed by atoms with Crippen LogP contribution in [0.15, 0.2) is 24.3 Å². The van der Waals surface area contributed by atoms with E-state index in [1.54, 1.807) is 7.11 Å². The quantitative estimate of drug-likeness (QED) is 0.895. The van der Waals surface area contributed by atoms with Gasteiger partial charge in [0.2, 0.25) is 5.91 Å². The fourth-order valence-corrected chi connectivity index (χ4v) is 3.29. The van der Waals surface area contributed by atoms with E-state index in [1.165, 1.54) is 0 Å². The van der Waals surface area contributed by atoms with Gasteiger partial charge in [-0.05, 0) is 55.5 Å². The molecule has 1 amide bonds. The zero-order valence-electron chi connectivity index (χ0n) is 12.4. The molecule has 1 aliphatic carbocycles. The van der Waals surface area contributed by atoms with Gasteiger partial charge < -0.3 is 15.4 Å². The number of amides is 1. The predicted molar refractivity (Wildman–Crippen MR) is 84.7 cm³/mol. The second-order valence-corrected chi connectivity index (χ2v) is 5.94. The maximum Gasteiger partial charge on any atom is 0.223 e. The van der Waals surface area contributed by atoms with Crippen LogP contribution in [0.2, 0.25) is 0 Å². The number of hydrogen-bond acceptors (Lipinski definition) is 3. The molecule has 1 aliphatic heterocycles. The topological polar surface area (TPSA) is 50.4 Å². The van der Waals surface area contributed by atoms with Crippen molar-refractivity contribution in [1.29, 1.82) is 0 Å². The molecule has 1 saturated carbocycles. The van der Waals surface area contributed by atoms with Gasteiger partial charge in [-0.3, -0.25) is 4.79 Å². The maximum atomic E-state index is 12.2. The summed E-state index contributed by atoms with van der Waals surface area (Å²) >= 11 is 0. The minimum Gasteiger partial charge on any atom is -0.497 e. The fraction of sp³-hybridized carbons (Fsp3) is 0.562. The van der Waals surface area contributed by atoms with Crippen molar-refractivity contribution in [1.82, 2.24) is 10.6 Å². The van der Waals surface area contributed by atoms with Crippen molar-refractivity contribution < 1.29 is 9.53 Å². The standard InChI is InChI=1S/C16H22N2O2.ClH/c1-20-13-4-2-3-12(9-13)11-18-15(19)14-10-16(14)5-7-17-8-6-16;/h2-4,9,14,17H,5-8,10-11H2,1H3,(H,18,19);1H. The van der Waals surface area contributed by atoms with Gasteiger partial charge in [0.05, 0.1) is 7.11 Å². The smallest absolute Gasteiger partial charge is 0.223 e. The first kappa shape index (κ1) is 16.1. The Morgan fingerprint density at radius 3 is 2.90 bits per heavy atom. The lowest BCUT2D eigenvalue weighted by molar-refractivity contribution is -0.123. The summed E-state index contributed by atoms with van der Waals surface area (Å²) in [4.78, 5) is 12.2. The Labute approximate surface area is 132 Å². The van der Waals surface area contributed by atoms with Crippen molar-refractivity contribution in [2.24, 2.45) is 11.3 Å². The summed E-state index contributed by atoms with van der Waals surface area (Å²) < 4.78 is 5.19. The highest BCUT2D eigenvalue weighted by atomic mass is 35.5. The van der Waals surface area contributed by atoms with Gasteiger partial charge in [-0.25, -0.2) is 0 Å². The van der Waals surface area contributed by atoms with Crippen molar-refractivity contribution in [3.8, 4) is 5.75 Å². The Morgan fingerprint density at radius 1 is 1.43 bits per heavy atom. The lowest BCUT2D eigenvalue weighted by atomic mass is 9.92. The molecule has 1 saturated heterocycles. The van der Waals surface area contributed by atoms with Crippen molar-refractivity contribution in [3.63, 3.8) is 0 Å². The Bertz CT molecular complexity index is 501. The number of ether oxygens (including phenoxy) is 1. The highest BCUT2D eigenvalue weighted by molar-refractivity contribution is 5.85. The number of nitrogens with one attached hydrogen (secondary N) is 2. The molecule has 2 aliphatic rings. The average molecular weight is 311 g/mol. The molecule has 0 bridgehead atoms. The normalized spacial score (nSPS) is 22.2. The van der Waals surface area contributed by atoms with E-state index >= 15 is 0 Å². The Morgan fingerprint density at radius 2 is 2.19 bits per heavy atom. The summed E-state index contributed by atoms with van der Waals surface area (Å²) in [7, 11) is 1.66. The first-order valence-corrected chi connectivity index (χ1v) is 7.35. The van der Waals surface area contributed by atoms with E-state index in [9.17, 15) is 4.79 Å². The maximum absolute atomic E-state index is 12.2. The van der Waals surface area contributed by atoms with Gasteiger partial charge in [0, 0.05) is 12.5 Å². The minimum atomic E-state index is 0. The number of hydrogen-bond donors (Lipinski definition) is 2. The summed E-state index contributed by atoms with van der Waals surface area (Å²) in [5, 5.41) is 6.43. The molecule has 1 spiro atoms. The minimum absolute atomic E-state index is 0. The predicted octanol–water partition coefficient (Wildman–Crippen LogP) is 2.12. The zero-order valence-corrected chi connectivity index (χ0v) is 13.2. The van der Waals surface area contributed by atoms with Gasteiger partial charge in [0.1, 0.15) is 5.75 Å². The van der Waals surface area contributed by atoms with Crippen LogP contribution in [0.3, 0.4) is 0 Å². The fourth-order valence-electron chi connectivity index (χ4n) is 3.29. The number of halogens is 1. The first-order valence-electron chi connectivity index (χ1n) is 7.35. The highest BCUT2D eigenvalue weighted by Crippen LogP contribution is 2.58. The van der Waals surface area contributed by atoms with Crippen LogP contribution in [-0.4, -0.2) is 26.1 Å². The zero-order chi connectivity index (χ0) is 14.0. The van der Waals surface area contributed by atoms with Crippen LogP contribution in [0.1, 0.15) is 24.8 Å². The van der Waals surface area contributed by atoms with E-state index in [-0.39, 0.29) is 24.2 Å². The summed E-state index contributed by atoms with van der Waals surface area (Å²) in [6.07, 6.45) is 3.35. The van der Waals surface area contributed by atoms with Crippen LogP contribution in [0.25, 0.3) is 0 Å². The van der Waals surface area contributed by atoms with Crippen LogP contribution < -0.4 is 15.4 Å². The van der Waals surface area contributed by atoms with Gasteiger partial charge in [-0.15, -0.1) is 12.4 Å². The summed E-state index contributed by atoms with van der Waals surface area (Å²) in [6.45, 7) is 2.69. The van der Waals surface area contributed by atoms with Crippen LogP contribution >= 0.6 is 12.4 Å². The lowest BCUT2D eigenvalue weighted by Gasteiger charge is -2.23. The number of benzene rings is 1. The second kappa shape index (κ2) is 6.67. The Hall–Kier alpha value is -1.26. The number of rotatable bonds is 4. The van der Waals surface area contributed by atoms with Crippen molar-refractivity contribution in [2.75, 3.05) is 20.2 Å². The number of carbonyl (C=O) groups excluding carboxylic acids is 1. The van der Waals surface area contributed by atoms with Gasteiger partial charge in [-0.2, -0.15) is 0 Å². The largest absolute Gasteiger partial charge is 0.497 e. The molecule has 1 heterocycles. The molecule has 1 unspecified atom stereocenters. The number of methoxy groups -OCH3 is 1. The third kappa shape index (κ3) is 3.50. The molecule has 4 nitrogen and oxygen atoms in total. The molecular formula is C16H23ClN2O2. The lowest BCUT2D eigenvalue weighted by Crippen LogP contribution is -2.33. The third-order valence-corrected chi connectivity index (χ3v) is 4.71. The molecule has 1 aromatic carbocycles. The molecule has 1 atom stereocenters. The molecule has 1 aromatic rings. The van der Waals surface area contributed by atoms with Crippen molar-refractivity contribution >= 4 is 18.3 Å². The average Bonchev–Trinajstić information content (AvgIpc) is 3.19. The molecule has 21 heavy (non-hydrogen) atoms. The Balaban J connectivity index is 0.00000161. The molecule has 3 rings (SSSR count). The molecule has 0 radical (unpaired) electrons. The first-order chi connectivity index (χ1) is 9.73. The van der Waals surface area contributed by atoms with E-state index in [0.717, 1.165) is 43.7 Å². The van der Waals surface area contributed by atoms with Crippen LogP contribution in [-0.2, 0) is 11.3 Å². The SMILES string of the molecule is COc1cccc(CNC(=O)C2CC23CCNCC3)c1.Cl. The number of carbonyl (C=O) groups is 1. The van der Waals surface area contributed by atoms with E-state index < -0.39 is 0 Å². The highest BCUT2D eigenvalue weighted by Gasteiger charge is 2.57. The second-order valence-electron chi connectivity index (χ2n) is 5.94. The van der Waals surface area contributed by atoms with Crippen LogP contribution in [0.5, 0.6) is 5.75 Å². The summed E-state index contributed by atoms with van der Waals surface area (Å²) in [5.74, 6) is 1.28. The van der Waals surface area contributed by atoms with Gasteiger partial charge >= 0.3 is 0 Å². The van der Waals surface area contributed by atoms with Gasteiger partial charge in [0.25, 0.3) is 0 Å². The Kier molecular flexibility index (Phi) is 5.12. The number of piperidine rings is 1. The van der Waals surface area contributed by atoms with Gasteiger partial charge in [0.15, 0.2) is 0 Å². The van der Waals surface area contributed by atoms with E-state index in [1.807, 2.05) is 24.3 Å². The van der Waals surface area contributed by atoms with Gasteiger partial charge in [-0.1, -0.05) is 12.1 Å². The molecule has 5 heteroatoms. The summed E-state index contributed by atoms with van der Waals surface area (Å²) in [5.41, 5.74) is 1.39. The molecule has 116 valence electrons. The molecule has 2 N–H and O–H groups in total. The van der Waals surface area contributed by atoms with E-state index in [0.29, 0.717) is 12.0 Å². The van der Waals surface area contributed by atoms with Crippen LogP contribution in [0.4, 0.5) is 0 Å². The molecular weight excluding hydrogens is 288 g/mol. The molecule has 0 aromatic heterocycles. The van der Waals surface area contributed by atoms with E-state index in [2.05, 4.69) is 10.6 Å². The summed E-state index contributed by atoms with van der Waals surface area (Å²) in [6, 6.07) is 7.84. The third-order valence-electron chi connectivity index (χ3n) is 4.71. The van der Waals surface area contributed by atoms with E-state index in [4.69, 9.17) is 4.74 Å². The van der Waals surface area contributed by atoms with Crippen molar-refractivity contribution in [3.05, 3.63) is 29.8 Å².